The predicted molar refractivity (Wildman–Crippen MR) is 64.3 cm³/mol. The molecule has 1 unspecified atom stereocenters. The second kappa shape index (κ2) is 7.25. The smallest absolute Gasteiger partial charge is 0.224 e. The van der Waals surface area contributed by atoms with Gasteiger partial charge in [0.1, 0.15) is 0 Å². The van der Waals surface area contributed by atoms with Crippen molar-refractivity contribution in [3.63, 3.8) is 0 Å². The minimum atomic E-state index is -0.376. The lowest BCUT2D eigenvalue weighted by Crippen LogP contribution is -2.34. The van der Waals surface area contributed by atoms with Crippen LogP contribution in [0, 0.1) is 18.3 Å². The fourth-order valence-electron chi connectivity index (χ4n) is 1.47. The van der Waals surface area contributed by atoms with Crippen LogP contribution in [0.4, 0.5) is 0 Å². The number of nitrogens with two attached hydrogens (primary N) is 1. The van der Waals surface area contributed by atoms with E-state index in [9.17, 15) is 9.59 Å². The summed E-state index contributed by atoms with van der Waals surface area (Å²) in [5, 5.41) is 2.86. The van der Waals surface area contributed by atoms with Crippen molar-refractivity contribution < 1.29 is 9.59 Å². The Morgan fingerprint density at radius 1 is 1.25 bits per heavy atom. The van der Waals surface area contributed by atoms with Gasteiger partial charge in [-0.05, 0) is 25.7 Å². The maximum absolute atomic E-state index is 11.4. The molecule has 4 nitrogen and oxygen atoms in total. The molecular formula is C12H23N2O2. The molecule has 16 heavy (non-hydrogen) atoms. The number of nitrogens with one attached hydrogen (secondary N) is 1. The van der Waals surface area contributed by atoms with Gasteiger partial charge in [-0.15, -0.1) is 0 Å². The first-order valence-corrected chi connectivity index (χ1v) is 5.76. The van der Waals surface area contributed by atoms with E-state index in [1.54, 1.807) is 6.92 Å². The molecule has 0 aliphatic carbocycles. The summed E-state index contributed by atoms with van der Waals surface area (Å²) in [5.74, 6) is -0.230. The van der Waals surface area contributed by atoms with Crippen molar-refractivity contribution in [1.29, 1.82) is 0 Å². The highest BCUT2D eigenvalue weighted by Gasteiger charge is 2.13. The van der Waals surface area contributed by atoms with E-state index in [4.69, 9.17) is 5.73 Å². The van der Waals surface area contributed by atoms with Gasteiger partial charge in [-0.1, -0.05) is 20.8 Å². The molecule has 1 radical (unpaired) electrons. The SMILES string of the molecule is CC(C)C[C@H](C)NC(=O)[CH]CC(C)C(N)=O. The van der Waals surface area contributed by atoms with E-state index in [0.717, 1.165) is 6.42 Å². The van der Waals surface area contributed by atoms with Crippen LogP contribution in [-0.2, 0) is 9.59 Å². The first-order valence-electron chi connectivity index (χ1n) is 5.76. The largest absolute Gasteiger partial charge is 0.369 e. The van der Waals surface area contributed by atoms with E-state index >= 15 is 0 Å². The fourth-order valence-corrected chi connectivity index (χ4v) is 1.47. The van der Waals surface area contributed by atoms with Gasteiger partial charge < -0.3 is 11.1 Å². The molecule has 93 valence electrons. The normalized spacial score (nSPS) is 14.6. The van der Waals surface area contributed by atoms with E-state index in [1.165, 1.54) is 6.42 Å². The number of primary amides is 1. The Morgan fingerprint density at radius 3 is 2.25 bits per heavy atom. The van der Waals surface area contributed by atoms with Crippen LogP contribution >= 0.6 is 0 Å². The predicted octanol–water partition coefficient (Wildman–Crippen LogP) is 1.25. The molecule has 0 aromatic heterocycles. The molecule has 0 fully saturated rings. The summed E-state index contributed by atoms with van der Waals surface area (Å²) in [6.07, 6.45) is 2.84. The number of carbonyl (C=O) groups is 2. The van der Waals surface area contributed by atoms with Crippen LogP contribution in [0.25, 0.3) is 0 Å². The molecule has 2 atom stereocenters. The average molecular weight is 227 g/mol. The summed E-state index contributed by atoms with van der Waals surface area (Å²) in [4.78, 5) is 22.2. The Kier molecular flexibility index (Phi) is 6.77. The van der Waals surface area contributed by atoms with Gasteiger partial charge in [-0.2, -0.15) is 0 Å². The highest BCUT2D eigenvalue weighted by molar-refractivity contribution is 5.86. The van der Waals surface area contributed by atoms with Crippen molar-refractivity contribution in [2.75, 3.05) is 0 Å². The molecule has 0 saturated carbocycles. The fraction of sp³-hybridized carbons (Fsp3) is 0.750. The standard InChI is InChI=1S/C12H23N2O2/c1-8(2)7-10(4)14-11(15)6-5-9(3)12(13)16/h6,8-10H,5,7H2,1-4H3,(H2,13,16)(H,14,15)/t9?,10-/m0/s1. The number of amides is 2. The maximum Gasteiger partial charge on any atom is 0.224 e. The molecule has 0 saturated heterocycles. The minimum Gasteiger partial charge on any atom is -0.369 e. The van der Waals surface area contributed by atoms with Crippen molar-refractivity contribution >= 4 is 11.8 Å². The summed E-state index contributed by atoms with van der Waals surface area (Å²) < 4.78 is 0. The summed E-state index contributed by atoms with van der Waals surface area (Å²) in [6.45, 7) is 7.91. The van der Waals surface area contributed by atoms with E-state index in [1.807, 2.05) is 6.92 Å². The third-order valence-electron chi connectivity index (χ3n) is 2.36. The van der Waals surface area contributed by atoms with E-state index in [0.29, 0.717) is 12.3 Å². The Labute approximate surface area is 98.0 Å². The molecule has 2 amide bonds. The number of rotatable bonds is 7. The number of hydrogen-bond donors (Lipinski definition) is 2. The third-order valence-corrected chi connectivity index (χ3v) is 2.36. The van der Waals surface area contributed by atoms with Gasteiger partial charge in [0.05, 0.1) is 6.42 Å². The Bertz CT molecular complexity index is 239. The van der Waals surface area contributed by atoms with Gasteiger partial charge in [-0.25, -0.2) is 0 Å². The van der Waals surface area contributed by atoms with Crippen molar-refractivity contribution in [3.05, 3.63) is 6.42 Å². The summed E-state index contributed by atoms with van der Waals surface area (Å²) in [6, 6.07) is 0.160. The van der Waals surface area contributed by atoms with Crippen LogP contribution in [0.1, 0.15) is 40.5 Å². The zero-order valence-electron chi connectivity index (χ0n) is 10.6. The van der Waals surface area contributed by atoms with Crippen LogP contribution in [0.15, 0.2) is 0 Å². The van der Waals surface area contributed by atoms with Crippen molar-refractivity contribution in [3.8, 4) is 0 Å². The number of carbonyl (C=O) groups excluding carboxylic acids is 2. The second-order valence-corrected chi connectivity index (χ2v) is 4.78. The highest BCUT2D eigenvalue weighted by Crippen LogP contribution is 2.06. The van der Waals surface area contributed by atoms with Gasteiger partial charge in [0.15, 0.2) is 0 Å². The van der Waals surface area contributed by atoms with Crippen LogP contribution in [0.5, 0.6) is 0 Å². The topological polar surface area (TPSA) is 72.2 Å². The van der Waals surface area contributed by atoms with Crippen LogP contribution in [-0.4, -0.2) is 17.9 Å². The lowest BCUT2D eigenvalue weighted by atomic mass is 10.0. The van der Waals surface area contributed by atoms with Crippen LogP contribution in [0.2, 0.25) is 0 Å². The molecule has 0 heterocycles. The summed E-state index contributed by atoms with van der Waals surface area (Å²) in [5.41, 5.74) is 5.10. The molecule has 4 heteroatoms. The van der Waals surface area contributed by atoms with E-state index in [-0.39, 0.29) is 23.8 Å². The molecule has 0 bridgehead atoms. The van der Waals surface area contributed by atoms with Crippen LogP contribution < -0.4 is 11.1 Å². The molecule has 0 rings (SSSR count). The maximum atomic E-state index is 11.4. The number of hydrogen-bond acceptors (Lipinski definition) is 2. The van der Waals surface area contributed by atoms with Crippen molar-refractivity contribution in [1.82, 2.24) is 5.32 Å². The Balaban J connectivity index is 3.78. The van der Waals surface area contributed by atoms with Gasteiger partial charge >= 0.3 is 0 Å². The zero-order valence-corrected chi connectivity index (χ0v) is 10.6. The lowest BCUT2D eigenvalue weighted by molar-refractivity contribution is -0.121. The quantitative estimate of drug-likeness (QED) is 0.687. The van der Waals surface area contributed by atoms with E-state index < -0.39 is 0 Å². The summed E-state index contributed by atoms with van der Waals surface area (Å²) >= 11 is 0. The van der Waals surface area contributed by atoms with Gasteiger partial charge in [0, 0.05) is 12.0 Å². The molecule has 0 spiro atoms. The second-order valence-electron chi connectivity index (χ2n) is 4.78. The highest BCUT2D eigenvalue weighted by atomic mass is 16.2. The Hall–Kier alpha value is -1.06. The Morgan fingerprint density at radius 2 is 1.81 bits per heavy atom. The molecule has 0 aromatic rings. The molecule has 0 aliphatic heterocycles. The monoisotopic (exact) mass is 227 g/mol. The third kappa shape index (κ3) is 7.26. The molecule has 0 aliphatic rings. The summed E-state index contributed by atoms with van der Waals surface area (Å²) in [7, 11) is 0. The van der Waals surface area contributed by atoms with Gasteiger partial charge in [-0.3, -0.25) is 9.59 Å². The zero-order chi connectivity index (χ0) is 12.7. The van der Waals surface area contributed by atoms with E-state index in [2.05, 4.69) is 19.2 Å². The van der Waals surface area contributed by atoms with Gasteiger partial charge in [0.2, 0.25) is 11.8 Å². The van der Waals surface area contributed by atoms with Crippen LogP contribution in [0.3, 0.4) is 0 Å². The lowest BCUT2D eigenvalue weighted by Gasteiger charge is -2.16. The van der Waals surface area contributed by atoms with Gasteiger partial charge in [0.25, 0.3) is 0 Å². The van der Waals surface area contributed by atoms with Crippen molar-refractivity contribution in [2.24, 2.45) is 17.6 Å². The van der Waals surface area contributed by atoms with Crippen molar-refractivity contribution in [2.45, 2.75) is 46.6 Å². The average Bonchev–Trinajstić information content (AvgIpc) is 2.12. The first kappa shape index (κ1) is 14.9. The minimum absolute atomic E-state index is 0.124. The molecule has 3 N–H and O–H groups in total. The molecule has 0 aromatic carbocycles. The molecular weight excluding hydrogens is 204 g/mol. The first-order chi connectivity index (χ1) is 7.32.